The number of halogens is 1. The molecule has 3 saturated heterocycles. The number of aromatic amines is 1. The summed E-state index contributed by atoms with van der Waals surface area (Å²) in [5.41, 5.74) is 17.7. The fourth-order valence-corrected chi connectivity index (χ4v) is 11.2. The summed E-state index contributed by atoms with van der Waals surface area (Å²) in [6.07, 6.45) is -0.652. The van der Waals surface area contributed by atoms with Crippen molar-refractivity contribution in [1.82, 2.24) is 25.1 Å². The molecule has 3 fully saturated rings. The highest BCUT2D eigenvalue weighted by Gasteiger charge is 2.37. The van der Waals surface area contributed by atoms with E-state index in [0.29, 0.717) is 112 Å². The van der Waals surface area contributed by atoms with Crippen LogP contribution in [0.1, 0.15) is 90.8 Å². The minimum absolute atomic E-state index is 0.0118. The molecule has 0 aliphatic carbocycles. The molecule has 9 aromatic rings. The third kappa shape index (κ3) is 22.7. The van der Waals surface area contributed by atoms with Gasteiger partial charge < -0.3 is 94.8 Å². The quantitative estimate of drug-likeness (QED) is 0.0285. The molecule has 4 heterocycles. The van der Waals surface area contributed by atoms with Crippen LogP contribution in [0.5, 0.6) is 34.5 Å². The number of nitrogens with zero attached hydrogens (tertiary/aromatic N) is 6. The smallest absolute Gasteiger partial charge is 0.537 e. The second-order valence-corrected chi connectivity index (χ2v) is 27.4. The standard InChI is InChI=1S/C26H22N4O4.C22H24N2O4.C15H20BrNO4.C9H12N2O3.C7H5BNO2/c27-10-15-1-3-17(4-2-15)21-9-18(5-6-23(21)34-20-11-28-12-20)25-29-22-8-16(13-31)7-19(14-32)24(22)26(33)30-25;1-22(2,3)28-21(25)24-13-18(14-24)27-20-10-9-17(26-4)11-19(20)16-7-5-15(12-23)6-8-16;1-15(2,3)21-14(18)17-8-11(9-17)20-13-6-5-10(19-4)7-12(13)16;10-7-2-5(3-12)1-6(4-13)8(7)9(11)14;9-5-6-1-3-7(4-2-6)11-8-10/h1-9,20,28,31-32H,11-14H2,(H,29,30,33);5-11,18H,13-14H2,1-4H3;5-7,11H,8-9H2,1-4H3;1-2,12-13H,3-4,10H2,(H2,11,14);1-4,10H. The number of H-pyrrole nitrogens is 1. The number of carbonyl (C=O) groups excluding carboxylic acids is 3. The first kappa shape index (κ1) is 81.9. The number of nitriles is 3. The second-order valence-electron chi connectivity index (χ2n) is 26.5. The minimum atomic E-state index is -0.684. The van der Waals surface area contributed by atoms with Crippen molar-refractivity contribution < 1.29 is 77.6 Å². The Labute approximate surface area is 633 Å². The fourth-order valence-electron chi connectivity index (χ4n) is 10.7. The monoisotopic (exact) mass is 1530 g/mol. The zero-order chi connectivity index (χ0) is 78.4. The Morgan fingerprint density at radius 2 is 1.01 bits per heavy atom. The maximum atomic E-state index is 12.9. The molecule has 0 spiro atoms. The Bertz CT molecular complexity index is 4810. The second kappa shape index (κ2) is 38.0. The number of ether oxygens (including phenoxy) is 7. The maximum absolute atomic E-state index is 12.9. The van der Waals surface area contributed by atoms with Crippen LogP contribution in [0.3, 0.4) is 0 Å². The topological polar surface area (TPSA) is 414 Å². The number of hydrogen-bond donors (Lipinski definition) is 9. The molecule has 0 unspecified atom stereocenters. The molecule has 1 aromatic heterocycles. The summed E-state index contributed by atoms with van der Waals surface area (Å²) in [5.74, 6) is 3.82. The van der Waals surface area contributed by atoms with Crippen LogP contribution in [0.4, 0.5) is 15.3 Å². The molecule has 561 valence electrons. The molecule has 3 aliphatic heterocycles. The molecular weight excluding hydrogens is 1450 g/mol. The number of amides is 3. The van der Waals surface area contributed by atoms with E-state index in [9.17, 15) is 29.4 Å². The summed E-state index contributed by atoms with van der Waals surface area (Å²) in [5, 5.41) is 75.4. The van der Waals surface area contributed by atoms with E-state index in [0.717, 1.165) is 57.1 Å². The van der Waals surface area contributed by atoms with E-state index in [1.54, 1.807) is 84.7 Å². The van der Waals surface area contributed by atoms with Crippen LogP contribution in [0, 0.1) is 34.0 Å². The molecule has 29 heteroatoms. The van der Waals surface area contributed by atoms with Crippen LogP contribution in [0.2, 0.25) is 0 Å². The van der Waals surface area contributed by atoms with Crippen molar-refractivity contribution >= 4 is 58.3 Å². The molecule has 1 radical (unpaired) electrons. The molecule has 3 aliphatic rings. The van der Waals surface area contributed by atoms with Gasteiger partial charge in [0, 0.05) is 35.5 Å². The molecule has 0 bridgehead atoms. The first-order valence-corrected chi connectivity index (χ1v) is 34.6. The number of anilines is 1. The van der Waals surface area contributed by atoms with Crippen molar-refractivity contribution in [3.05, 3.63) is 211 Å². The van der Waals surface area contributed by atoms with Crippen molar-refractivity contribution in [2.75, 3.05) is 59.2 Å². The first-order chi connectivity index (χ1) is 51.6. The lowest BCUT2D eigenvalue weighted by Gasteiger charge is -2.39. The van der Waals surface area contributed by atoms with Crippen molar-refractivity contribution in [1.29, 1.82) is 15.8 Å². The normalized spacial score (nSPS) is 13.0. The molecule has 108 heavy (non-hydrogen) atoms. The SMILES string of the molecule is COc1ccc(OC2CN(C(=O)OC(C)(C)C)C2)c(-c2ccc(C#N)cc2)c1.COc1ccc(OC2CN(C(=O)OC(C)(C)C)C2)c(Br)c1.N#Cc1ccc(-c2cc(-c3nc4cc(CO)cc(CO)c4c(=O)[nH]3)ccc2OC2CNC2)cc1.N#Cc1ccc(O[B]O)cc1.NC(=O)c1c(N)cc(CO)cc1CO. The van der Waals surface area contributed by atoms with Gasteiger partial charge in [0.1, 0.15) is 69.8 Å². The van der Waals surface area contributed by atoms with Gasteiger partial charge >= 0.3 is 19.9 Å². The predicted molar refractivity (Wildman–Crippen MR) is 406 cm³/mol. The van der Waals surface area contributed by atoms with Crippen LogP contribution in [-0.4, -0.2) is 154 Å². The Hall–Kier alpha value is -11.7. The van der Waals surface area contributed by atoms with E-state index >= 15 is 0 Å². The number of aliphatic hydroxyl groups excluding tert-OH is 4. The number of likely N-dealkylation sites (tertiary alicyclic amines) is 2. The number of hydrogen-bond acceptors (Lipinski definition) is 23. The number of methoxy groups -OCH3 is 2. The molecular formula is C79H83BBrN10O17. The van der Waals surface area contributed by atoms with Gasteiger partial charge in [-0.05, 0) is 206 Å². The third-order valence-corrected chi connectivity index (χ3v) is 16.9. The predicted octanol–water partition coefficient (Wildman–Crippen LogP) is 9.97. The number of nitrogens with two attached hydrogens (primary N) is 2. The molecule has 8 aromatic carbocycles. The summed E-state index contributed by atoms with van der Waals surface area (Å²) < 4.78 is 44.7. The molecule has 11 N–H and O–H groups in total. The van der Waals surface area contributed by atoms with Crippen LogP contribution in [-0.2, 0) is 35.9 Å². The van der Waals surface area contributed by atoms with Gasteiger partial charge in [0.2, 0.25) is 0 Å². The Morgan fingerprint density at radius 3 is 1.45 bits per heavy atom. The van der Waals surface area contributed by atoms with Gasteiger partial charge in [-0.25, -0.2) is 14.6 Å². The Morgan fingerprint density at radius 1 is 0.574 bits per heavy atom. The minimum Gasteiger partial charge on any atom is -0.537 e. The van der Waals surface area contributed by atoms with E-state index in [1.165, 1.54) is 12.1 Å². The number of fused-ring (bicyclic) bond motifs is 1. The van der Waals surface area contributed by atoms with Gasteiger partial charge in [0.05, 0.1) is 123 Å². The number of nitrogens with one attached hydrogen (secondary N) is 2. The number of aromatic nitrogens is 2. The summed E-state index contributed by atoms with van der Waals surface area (Å²) in [7, 11) is 3.83. The molecule has 0 saturated carbocycles. The van der Waals surface area contributed by atoms with Crippen molar-refractivity contribution in [3.8, 4) is 86.3 Å². The van der Waals surface area contributed by atoms with Crippen LogP contribution in [0.25, 0.3) is 44.5 Å². The third-order valence-electron chi connectivity index (χ3n) is 16.2. The number of nitrogen functional groups attached to an aromatic ring is 1. The van der Waals surface area contributed by atoms with E-state index in [1.807, 2.05) is 126 Å². The zero-order valence-corrected chi connectivity index (χ0v) is 62.3. The van der Waals surface area contributed by atoms with Crippen LogP contribution >= 0.6 is 15.9 Å². The van der Waals surface area contributed by atoms with Gasteiger partial charge in [-0.3, -0.25) is 9.59 Å². The molecule has 12 rings (SSSR count). The highest BCUT2D eigenvalue weighted by Crippen LogP contribution is 2.38. The van der Waals surface area contributed by atoms with E-state index < -0.39 is 17.1 Å². The van der Waals surface area contributed by atoms with Crippen molar-refractivity contribution in [2.24, 2.45) is 5.73 Å². The summed E-state index contributed by atoms with van der Waals surface area (Å²) in [4.78, 5) is 58.5. The summed E-state index contributed by atoms with van der Waals surface area (Å²) in [6.45, 7) is 13.6. The van der Waals surface area contributed by atoms with E-state index in [2.05, 4.69) is 48.0 Å². The number of aliphatic hydroxyl groups is 4. The van der Waals surface area contributed by atoms with Crippen molar-refractivity contribution in [3.63, 3.8) is 0 Å². The van der Waals surface area contributed by atoms with Gasteiger partial charge in [0.15, 0.2) is 0 Å². The summed E-state index contributed by atoms with van der Waals surface area (Å²) in [6, 6.07) is 50.1. The van der Waals surface area contributed by atoms with E-state index in [-0.39, 0.29) is 73.7 Å². The molecule has 27 nitrogen and oxygen atoms in total. The van der Waals surface area contributed by atoms with Gasteiger partial charge in [0.25, 0.3) is 11.5 Å². The highest BCUT2D eigenvalue weighted by molar-refractivity contribution is 9.10. The van der Waals surface area contributed by atoms with Crippen LogP contribution < -0.4 is 50.7 Å². The largest absolute Gasteiger partial charge is 0.569 e. The Balaban J connectivity index is 0.000000179. The average Bonchev–Trinajstić information content (AvgIpc) is 0.773. The van der Waals surface area contributed by atoms with Crippen molar-refractivity contribution in [2.45, 2.75) is 97.5 Å². The lowest BCUT2D eigenvalue weighted by Crippen LogP contribution is -2.57. The lowest BCUT2D eigenvalue weighted by molar-refractivity contribution is -0.0225. The Kier molecular flexibility index (Phi) is 28.8. The highest BCUT2D eigenvalue weighted by atomic mass is 79.9. The number of primary amides is 1. The number of benzene rings is 8. The van der Waals surface area contributed by atoms with Gasteiger partial charge in [-0.2, -0.15) is 15.8 Å². The zero-order valence-electron chi connectivity index (χ0n) is 60.7. The lowest BCUT2D eigenvalue weighted by atomic mass is 10.00. The average molecular weight is 1540 g/mol. The van der Waals surface area contributed by atoms with Crippen LogP contribution in [0.15, 0.2) is 161 Å². The number of carbonyl (C=O) groups is 3. The number of rotatable bonds is 18. The van der Waals surface area contributed by atoms with E-state index in [4.69, 9.17) is 75.6 Å². The summed E-state index contributed by atoms with van der Waals surface area (Å²) >= 11 is 3.44. The first-order valence-electron chi connectivity index (χ1n) is 33.8. The molecule has 0 atom stereocenters. The fraction of sp³-hybridized carbons (Fsp3) is 0.291. The maximum Gasteiger partial charge on any atom is 0.569 e. The van der Waals surface area contributed by atoms with Gasteiger partial charge in [-0.1, -0.05) is 36.4 Å². The van der Waals surface area contributed by atoms with Gasteiger partial charge in [-0.15, -0.1) is 0 Å². The molecule has 3 amide bonds.